The minimum Gasteiger partial charge on any atom is -0.444 e. The average Bonchev–Trinajstić information content (AvgIpc) is 2.72. The van der Waals surface area contributed by atoms with E-state index in [-0.39, 0.29) is 12.0 Å². The van der Waals surface area contributed by atoms with Crippen LogP contribution >= 0.6 is 11.6 Å². The SMILES string of the molecule is CN(C)C(=O)c1ccc(N[C@H]2CCCN(C3CCN(C(=O)OC(C)(C)C)CC3)C2)cc1Cl. The van der Waals surface area contributed by atoms with Crippen molar-refractivity contribution in [3.05, 3.63) is 28.8 Å². The molecule has 0 radical (unpaired) electrons. The van der Waals surface area contributed by atoms with E-state index in [9.17, 15) is 9.59 Å². The van der Waals surface area contributed by atoms with Crippen LogP contribution in [0.25, 0.3) is 0 Å². The third kappa shape index (κ3) is 6.51. The summed E-state index contributed by atoms with van der Waals surface area (Å²) in [5.41, 5.74) is 1.00. The molecule has 3 rings (SSSR count). The summed E-state index contributed by atoms with van der Waals surface area (Å²) in [4.78, 5) is 30.4. The maximum atomic E-state index is 12.3. The molecule has 1 aromatic carbocycles. The second kappa shape index (κ2) is 10.3. The molecule has 0 saturated carbocycles. The Morgan fingerprint density at radius 2 is 1.81 bits per heavy atom. The summed E-state index contributed by atoms with van der Waals surface area (Å²) in [5, 5.41) is 4.07. The van der Waals surface area contributed by atoms with Gasteiger partial charge >= 0.3 is 6.09 Å². The van der Waals surface area contributed by atoms with Gasteiger partial charge in [0.05, 0.1) is 10.6 Å². The Hall–Kier alpha value is -1.99. The highest BCUT2D eigenvalue weighted by molar-refractivity contribution is 6.34. The molecule has 2 saturated heterocycles. The van der Waals surface area contributed by atoms with Crippen LogP contribution in [0.3, 0.4) is 0 Å². The molecule has 2 aliphatic rings. The first-order valence-corrected chi connectivity index (χ1v) is 11.9. The lowest BCUT2D eigenvalue weighted by Crippen LogP contribution is -2.52. The minimum atomic E-state index is -0.458. The first-order chi connectivity index (χ1) is 15.0. The first kappa shape index (κ1) is 24.6. The Balaban J connectivity index is 1.52. The highest BCUT2D eigenvalue weighted by atomic mass is 35.5. The number of piperidine rings is 2. The largest absolute Gasteiger partial charge is 0.444 e. The van der Waals surface area contributed by atoms with E-state index in [1.807, 2.05) is 37.8 Å². The number of likely N-dealkylation sites (tertiary alicyclic amines) is 2. The van der Waals surface area contributed by atoms with Crippen LogP contribution < -0.4 is 5.32 Å². The van der Waals surface area contributed by atoms with E-state index >= 15 is 0 Å². The lowest BCUT2D eigenvalue weighted by molar-refractivity contribution is 0.0127. The Kier molecular flexibility index (Phi) is 7.93. The van der Waals surface area contributed by atoms with Crippen LogP contribution in [0.2, 0.25) is 5.02 Å². The smallest absolute Gasteiger partial charge is 0.410 e. The third-order valence-corrected chi connectivity index (χ3v) is 6.37. The van der Waals surface area contributed by atoms with Crippen molar-refractivity contribution in [2.75, 3.05) is 45.6 Å². The number of hydrogen-bond acceptors (Lipinski definition) is 5. The molecule has 178 valence electrons. The molecule has 1 aromatic rings. The molecule has 0 unspecified atom stereocenters. The van der Waals surface area contributed by atoms with Crippen LogP contribution in [-0.2, 0) is 4.74 Å². The molecule has 0 aromatic heterocycles. The van der Waals surface area contributed by atoms with Gasteiger partial charge < -0.3 is 19.9 Å². The monoisotopic (exact) mass is 464 g/mol. The van der Waals surface area contributed by atoms with Crippen molar-refractivity contribution in [1.29, 1.82) is 0 Å². The summed E-state index contributed by atoms with van der Waals surface area (Å²) in [6.45, 7) is 9.24. The molecule has 0 spiro atoms. The van der Waals surface area contributed by atoms with E-state index in [0.29, 0.717) is 22.7 Å². The maximum Gasteiger partial charge on any atom is 0.410 e. The van der Waals surface area contributed by atoms with E-state index < -0.39 is 5.60 Å². The normalized spacial score (nSPS) is 20.7. The van der Waals surface area contributed by atoms with Crippen molar-refractivity contribution in [3.63, 3.8) is 0 Å². The second-order valence-corrected chi connectivity index (χ2v) is 10.5. The molecule has 2 amide bonds. The predicted octanol–water partition coefficient (Wildman–Crippen LogP) is 4.32. The molecule has 32 heavy (non-hydrogen) atoms. The number of anilines is 1. The minimum absolute atomic E-state index is 0.0943. The molecule has 2 aliphatic heterocycles. The number of halogens is 1. The quantitative estimate of drug-likeness (QED) is 0.718. The van der Waals surface area contributed by atoms with Gasteiger partial charge in [0, 0.05) is 51.5 Å². The number of rotatable bonds is 4. The summed E-state index contributed by atoms with van der Waals surface area (Å²) in [7, 11) is 3.44. The average molecular weight is 465 g/mol. The van der Waals surface area contributed by atoms with Gasteiger partial charge in [0.1, 0.15) is 5.60 Å². The number of carbonyl (C=O) groups excluding carboxylic acids is 2. The van der Waals surface area contributed by atoms with Crippen molar-refractivity contribution in [2.45, 2.75) is 64.1 Å². The van der Waals surface area contributed by atoms with Crippen LogP contribution in [0.4, 0.5) is 10.5 Å². The van der Waals surface area contributed by atoms with Crippen molar-refractivity contribution < 1.29 is 14.3 Å². The van der Waals surface area contributed by atoms with Gasteiger partial charge in [-0.15, -0.1) is 0 Å². The van der Waals surface area contributed by atoms with E-state index in [1.54, 1.807) is 20.2 Å². The van der Waals surface area contributed by atoms with Gasteiger partial charge in [-0.2, -0.15) is 0 Å². The molecule has 1 N–H and O–H groups in total. The highest BCUT2D eigenvalue weighted by Crippen LogP contribution is 2.26. The van der Waals surface area contributed by atoms with Crippen molar-refractivity contribution in [1.82, 2.24) is 14.7 Å². The van der Waals surface area contributed by atoms with E-state index in [4.69, 9.17) is 16.3 Å². The van der Waals surface area contributed by atoms with Crippen molar-refractivity contribution in [3.8, 4) is 0 Å². The van der Waals surface area contributed by atoms with Crippen LogP contribution in [0.5, 0.6) is 0 Å². The summed E-state index contributed by atoms with van der Waals surface area (Å²) in [6.07, 6.45) is 3.97. The number of benzene rings is 1. The van der Waals surface area contributed by atoms with Gasteiger partial charge in [-0.3, -0.25) is 9.69 Å². The van der Waals surface area contributed by atoms with Crippen molar-refractivity contribution >= 4 is 29.3 Å². The molecule has 2 heterocycles. The van der Waals surface area contributed by atoms with Gasteiger partial charge in [-0.1, -0.05) is 11.6 Å². The third-order valence-electron chi connectivity index (χ3n) is 6.06. The van der Waals surface area contributed by atoms with E-state index in [0.717, 1.165) is 57.5 Å². The number of hydrogen-bond donors (Lipinski definition) is 1. The standard InChI is InChI=1S/C24H37ClN4O3/c1-24(2,3)32-23(31)28-13-10-19(11-14-28)29-12-6-7-18(16-29)26-17-8-9-20(21(25)15-17)22(30)27(4)5/h8-9,15,18-19,26H,6-7,10-14,16H2,1-5H3/t18-/m0/s1. The molecule has 0 bridgehead atoms. The Labute approximate surface area is 197 Å². The second-order valence-electron chi connectivity index (χ2n) is 10.1. The fourth-order valence-electron chi connectivity index (χ4n) is 4.45. The molecule has 8 heteroatoms. The Morgan fingerprint density at radius 1 is 1.12 bits per heavy atom. The zero-order valence-corrected chi connectivity index (χ0v) is 20.7. The Morgan fingerprint density at radius 3 is 2.41 bits per heavy atom. The van der Waals surface area contributed by atoms with E-state index in [1.165, 1.54) is 4.90 Å². The summed E-state index contributed by atoms with van der Waals surface area (Å²) >= 11 is 6.38. The number of nitrogens with one attached hydrogen (secondary N) is 1. The first-order valence-electron chi connectivity index (χ1n) is 11.5. The zero-order chi connectivity index (χ0) is 23.5. The van der Waals surface area contributed by atoms with Crippen LogP contribution in [0.1, 0.15) is 56.8 Å². The fourth-order valence-corrected chi connectivity index (χ4v) is 4.71. The number of amides is 2. The van der Waals surface area contributed by atoms with Crippen LogP contribution in [0.15, 0.2) is 18.2 Å². The topological polar surface area (TPSA) is 65.1 Å². The fraction of sp³-hybridized carbons (Fsp3) is 0.667. The number of nitrogens with zero attached hydrogens (tertiary/aromatic N) is 3. The lowest BCUT2D eigenvalue weighted by atomic mass is 9.98. The Bertz CT molecular complexity index is 816. The van der Waals surface area contributed by atoms with Gasteiger partial charge in [-0.25, -0.2) is 4.79 Å². The molecule has 0 aliphatic carbocycles. The summed E-state index contributed by atoms with van der Waals surface area (Å²) < 4.78 is 5.52. The van der Waals surface area contributed by atoms with Gasteiger partial charge in [0.2, 0.25) is 0 Å². The number of ether oxygens (including phenoxy) is 1. The zero-order valence-electron chi connectivity index (χ0n) is 20.0. The lowest BCUT2D eigenvalue weighted by Gasteiger charge is -2.42. The van der Waals surface area contributed by atoms with Gasteiger partial charge in [-0.05, 0) is 71.2 Å². The summed E-state index contributed by atoms with van der Waals surface area (Å²) in [6, 6.07) is 6.39. The van der Waals surface area contributed by atoms with Crippen LogP contribution in [-0.4, -0.2) is 84.7 Å². The van der Waals surface area contributed by atoms with Gasteiger partial charge in [0.15, 0.2) is 0 Å². The van der Waals surface area contributed by atoms with E-state index in [2.05, 4.69) is 10.2 Å². The molecular formula is C24H37ClN4O3. The number of carbonyl (C=O) groups is 2. The highest BCUT2D eigenvalue weighted by Gasteiger charge is 2.32. The molecule has 2 fully saturated rings. The summed E-state index contributed by atoms with van der Waals surface area (Å²) in [5.74, 6) is -0.0943. The molecular weight excluding hydrogens is 428 g/mol. The van der Waals surface area contributed by atoms with Crippen LogP contribution in [0, 0.1) is 0 Å². The molecule has 7 nitrogen and oxygen atoms in total. The molecule has 1 atom stereocenters. The maximum absolute atomic E-state index is 12.3. The van der Waals surface area contributed by atoms with Gasteiger partial charge in [0.25, 0.3) is 5.91 Å². The predicted molar refractivity (Wildman–Crippen MR) is 129 cm³/mol. The van der Waals surface area contributed by atoms with Crippen molar-refractivity contribution in [2.24, 2.45) is 0 Å².